The fourth-order valence-corrected chi connectivity index (χ4v) is 4.13. The molecule has 0 bridgehead atoms. The lowest BCUT2D eigenvalue weighted by Gasteiger charge is -2.31. The van der Waals surface area contributed by atoms with E-state index in [2.05, 4.69) is 5.32 Å². The maximum Gasteiger partial charge on any atom is 0.335 e. The summed E-state index contributed by atoms with van der Waals surface area (Å²) in [6, 6.07) is 10.4. The number of aromatic carboxylic acids is 1. The average molecular weight is 464 g/mol. The molecule has 2 N–H and O–H groups in total. The van der Waals surface area contributed by atoms with Gasteiger partial charge in [-0.05, 0) is 54.3 Å². The highest BCUT2D eigenvalue weighted by Crippen LogP contribution is 2.31. The summed E-state index contributed by atoms with van der Waals surface area (Å²) in [6.07, 6.45) is 4.79. The highest BCUT2D eigenvalue weighted by molar-refractivity contribution is 6.31. The van der Waals surface area contributed by atoms with Crippen LogP contribution >= 0.6 is 0 Å². The first kappa shape index (κ1) is 23.0. The van der Waals surface area contributed by atoms with Crippen molar-refractivity contribution in [3.05, 3.63) is 64.7 Å². The summed E-state index contributed by atoms with van der Waals surface area (Å²) in [5.74, 6) is -1.49. The molecule has 1 aliphatic carbocycles. The predicted octanol–water partition coefficient (Wildman–Crippen LogP) is 3.38. The zero-order chi connectivity index (χ0) is 24.2. The number of amides is 4. The molecular weight excluding hydrogens is 440 g/mol. The third-order valence-electron chi connectivity index (χ3n) is 5.92. The third-order valence-corrected chi connectivity index (χ3v) is 5.92. The lowest BCUT2D eigenvalue weighted by atomic mass is 10.0. The molecule has 34 heavy (non-hydrogen) atoms. The van der Waals surface area contributed by atoms with E-state index in [-0.39, 0.29) is 23.8 Å². The van der Waals surface area contributed by atoms with Gasteiger partial charge in [0.05, 0.1) is 12.7 Å². The average Bonchev–Trinajstić information content (AvgIpc) is 3.35. The first-order valence-corrected chi connectivity index (χ1v) is 10.9. The Labute approximate surface area is 196 Å². The molecule has 2 aromatic rings. The molecule has 2 aliphatic rings. The van der Waals surface area contributed by atoms with Gasteiger partial charge in [-0.15, -0.1) is 0 Å². The number of hydrogen-bond donors (Lipinski definition) is 2. The van der Waals surface area contributed by atoms with Crippen molar-refractivity contribution >= 4 is 29.9 Å². The summed E-state index contributed by atoms with van der Waals surface area (Å²) in [5, 5.41) is 11.3. The molecule has 9 heteroatoms. The second-order valence-corrected chi connectivity index (χ2v) is 8.13. The summed E-state index contributed by atoms with van der Waals surface area (Å²) >= 11 is 0. The zero-order valence-electron chi connectivity index (χ0n) is 18.6. The van der Waals surface area contributed by atoms with Gasteiger partial charge in [0.1, 0.15) is 12.2 Å². The van der Waals surface area contributed by atoms with E-state index in [0.717, 1.165) is 36.1 Å². The monoisotopic (exact) mass is 464 g/mol. The van der Waals surface area contributed by atoms with Gasteiger partial charge >= 0.3 is 12.0 Å². The predicted molar refractivity (Wildman–Crippen MR) is 121 cm³/mol. The van der Waals surface area contributed by atoms with Crippen molar-refractivity contribution < 1.29 is 33.8 Å². The molecule has 1 aliphatic heterocycles. The minimum atomic E-state index is -1.00. The number of benzene rings is 2. The Morgan fingerprint density at radius 1 is 1.09 bits per heavy atom. The van der Waals surface area contributed by atoms with E-state index in [0.29, 0.717) is 17.1 Å². The minimum Gasteiger partial charge on any atom is -0.493 e. The Bertz CT molecular complexity index is 1160. The molecule has 1 heterocycles. The molecular formula is C25H24N2O7. The number of carbonyl (C=O) groups excluding carboxylic acids is 3. The molecule has 1 saturated heterocycles. The number of urea groups is 1. The van der Waals surface area contributed by atoms with E-state index in [1.54, 1.807) is 30.3 Å². The lowest BCUT2D eigenvalue weighted by molar-refractivity contribution is -0.131. The van der Waals surface area contributed by atoms with Crippen molar-refractivity contribution in [1.29, 1.82) is 0 Å². The molecule has 2 fully saturated rings. The van der Waals surface area contributed by atoms with Crippen LogP contribution in [0.1, 0.15) is 47.2 Å². The molecule has 176 valence electrons. The van der Waals surface area contributed by atoms with Gasteiger partial charge in [0, 0.05) is 6.04 Å². The number of carboxylic acids is 1. The lowest BCUT2D eigenvalue weighted by Crippen LogP contribution is -2.57. The van der Waals surface area contributed by atoms with Crippen LogP contribution in [0.15, 0.2) is 48.0 Å². The number of carboxylic acid groups (broad SMARTS) is 1. The smallest absolute Gasteiger partial charge is 0.335 e. The van der Waals surface area contributed by atoms with E-state index >= 15 is 0 Å². The highest BCUT2D eigenvalue weighted by Gasteiger charge is 2.40. The third kappa shape index (κ3) is 4.78. The van der Waals surface area contributed by atoms with Crippen LogP contribution in [0.2, 0.25) is 0 Å². The van der Waals surface area contributed by atoms with Gasteiger partial charge in [-0.3, -0.25) is 19.8 Å². The van der Waals surface area contributed by atoms with Gasteiger partial charge in [0.2, 0.25) is 0 Å². The fourth-order valence-electron chi connectivity index (χ4n) is 4.13. The summed E-state index contributed by atoms with van der Waals surface area (Å²) in [7, 11) is 1.47. The van der Waals surface area contributed by atoms with Gasteiger partial charge in [-0.2, -0.15) is 0 Å². The molecule has 0 radical (unpaired) electrons. The van der Waals surface area contributed by atoms with Crippen LogP contribution in [-0.2, 0) is 16.2 Å². The van der Waals surface area contributed by atoms with E-state index in [9.17, 15) is 19.2 Å². The largest absolute Gasteiger partial charge is 0.493 e. The van der Waals surface area contributed by atoms with Gasteiger partial charge in [-0.1, -0.05) is 31.0 Å². The van der Waals surface area contributed by atoms with Crippen molar-refractivity contribution in [1.82, 2.24) is 10.2 Å². The summed E-state index contributed by atoms with van der Waals surface area (Å²) in [5.41, 5.74) is 1.39. The zero-order valence-corrected chi connectivity index (χ0v) is 18.6. The molecule has 4 amide bonds. The normalized spacial score (nSPS) is 17.7. The van der Waals surface area contributed by atoms with Crippen LogP contribution in [0.25, 0.3) is 6.08 Å². The van der Waals surface area contributed by atoms with Gasteiger partial charge in [0.15, 0.2) is 11.5 Å². The number of nitrogens with zero attached hydrogens (tertiary/aromatic N) is 1. The van der Waals surface area contributed by atoms with E-state index in [4.69, 9.17) is 14.6 Å². The number of carbonyl (C=O) groups is 4. The van der Waals surface area contributed by atoms with Crippen LogP contribution < -0.4 is 14.8 Å². The van der Waals surface area contributed by atoms with Crippen molar-refractivity contribution in [2.75, 3.05) is 7.11 Å². The first-order chi connectivity index (χ1) is 16.4. The van der Waals surface area contributed by atoms with E-state index in [1.807, 2.05) is 0 Å². The van der Waals surface area contributed by atoms with Gasteiger partial charge in [-0.25, -0.2) is 9.59 Å². The summed E-state index contributed by atoms with van der Waals surface area (Å²) in [6.45, 7) is 0.191. The van der Waals surface area contributed by atoms with Gasteiger partial charge < -0.3 is 14.6 Å². The highest BCUT2D eigenvalue weighted by atomic mass is 16.5. The molecule has 1 saturated carbocycles. The topological polar surface area (TPSA) is 122 Å². The fraction of sp³-hybridized carbons (Fsp3) is 0.280. The second-order valence-electron chi connectivity index (χ2n) is 8.13. The molecule has 0 atom stereocenters. The Morgan fingerprint density at radius 3 is 2.44 bits per heavy atom. The number of ether oxygens (including phenoxy) is 2. The SMILES string of the molecule is COc1cc(/C=C2\C(=O)NC(=O)N(C3CCCC3)C2=O)ccc1OCc1ccc(C(=O)O)cc1. The molecule has 0 unspecified atom stereocenters. The number of hydrogen-bond acceptors (Lipinski definition) is 6. The number of rotatable bonds is 7. The van der Waals surface area contributed by atoms with E-state index in [1.165, 1.54) is 25.3 Å². The maximum absolute atomic E-state index is 13.0. The molecule has 9 nitrogen and oxygen atoms in total. The Kier molecular flexibility index (Phi) is 6.62. The molecule has 2 aromatic carbocycles. The Morgan fingerprint density at radius 2 is 1.79 bits per heavy atom. The van der Waals surface area contributed by atoms with Crippen molar-refractivity contribution in [3.63, 3.8) is 0 Å². The quantitative estimate of drug-likeness (QED) is 0.476. The Balaban J connectivity index is 1.52. The van der Waals surface area contributed by atoms with E-state index < -0.39 is 23.8 Å². The minimum absolute atomic E-state index is 0.110. The van der Waals surface area contributed by atoms with Crippen LogP contribution in [0.5, 0.6) is 11.5 Å². The summed E-state index contributed by atoms with van der Waals surface area (Å²) < 4.78 is 11.2. The number of imide groups is 2. The first-order valence-electron chi connectivity index (χ1n) is 10.9. The standard InChI is InChI=1S/C25H24N2O7/c1-33-21-13-16(8-11-20(21)34-14-15-6-9-17(10-7-15)24(30)31)12-19-22(28)26-25(32)27(23(19)29)18-4-2-3-5-18/h6-13,18H,2-5,14H2,1H3,(H,30,31)(H,26,28,32)/b19-12+. The second kappa shape index (κ2) is 9.78. The number of barbiturate groups is 1. The summed E-state index contributed by atoms with van der Waals surface area (Å²) in [4.78, 5) is 49.8. The van der Waals surface area contributed by atoms with Crippen LogP contribution in [0.4, 0.5) is 4.79 Å². The molecule has 4 rings (SSSR count). The van der Waals surface area contributed by atoms with Crippen molar-refractivity contribution in [2.24, 2.45) is 0 Å². The maximum atomic E-state index is 13.0. The van der Waals surface area contributed by atoms with Crippen LogP contribution in [-0.4, -0.2) is 47.0 Å². The van der Waals surface area contributed by atoms with Crippen LogP contribution in [0.3, 0.4) is 0 Å². The molecule has 0 spiro atoms. The van der Waals surface area contributed by atoms with Crippen molar-refractivity contribution in [3.8, 4) is 11.5 Å². The van der Waals surface area contributed by atoms with Crippen molar-refractivity contribution in [2.45, 2.75) is 38.3 Å². The Hall–Kier alpha value is -4.14. The number of nitrogens with one attached hydrogen (secondary N) is 1. The number of methoxy groups -OCH3 is 1. The van der Waals surface area contributed by atoms with Crippen LogP contribution in [0, 0.1) is 0 Å². The van der Waals surface area contributed by atoms with Gasteiger partial charge in [0.25, 0.3) is 11.8 Å². The molecule has 0 aromatic heterocycles.